The summed E-state index contributed by atoms with van der Waals surface area (Å²) < 4.78 is 2.07. The SMILES string of the molecule is CC(CCn1nc(NCCCCN2CCCCC2)c2cc(O)ccc21)N(C)C. The van der Waals surface area contributed by atoms with Crippen molar-refractivity contribution < 1.29 is 5.11 Å². The highest BCUT2D eigenvalue weighted by Gasteiger charge is 2.13. The number of aryl methyl sites for hydroxylation is 1. The molecule has 1 saturated heterocycles. The van der Waals surface area contributed by atoms with Gasteiger partial charge in [-0.05, 0) is 91.0 Å². The van der Waals surface area contributed by atoms with Gasteiger partial charge in [-0.3, -0.25) is 4.68 Å². The monoisotopic (exact) mass is 387 g/mol. The number of anilines is 1. The van der Waals surface area contributed by atoms with Crippen molar-refractivity contribution in [3.8, 4) is 5.75 Å². The summed E-state index contributed by atoms with van der Waals surface area (Å²) in [6, 6.07) is 6.05. The number of phenolic OH excluding ortho intramolecular Hbond substituents is 1. The van der Waals surface area contributed by atoms with Gasteiger partial charge < -0.3 is 20.2 Å². The average Bonchev–Trinajstić information content (AvgIpc) is 3.03. The van der Waals surface area contributed by atoms with E-state index in [1.807, 2.05) is 12.1 Å². The summed E-state index contributed by atoms with van der Waals surface area (Å²) in [6.07, 6.45) is 7.52. The molecule has 2 aromatic rings. The molecule has 0 saturated carbocycles. The summed E-state index contributed by atoms with van der Waals surface area (Å²) in [4.78, 5) is 4.83. The molecule has 2 heterocycles. The van der Waals surface area contributed by atoms with E-state index in [9.17, 15) is 5.11 Å². The largest absolute Gasteiger partial charge is 0.508 e. The molecule has 1 fully saturated rings. The Morgan fingerprint density at radius 2 is 1.93 bits per heavy atom. The number of benzene rings is 1. The van der Waals surface area contributed by atoms with Crippen molar-refractivity contribution in [1.82, 2.24) is 19.6 Å². The van der Waals surface area contributed by atoms with Crippen molar-refractivity contribution in [2.24, 2.45) is 0 Å². The molecule has 0 spiro atoms. The second-order valence-electron chi connectivity index (χ2n) is 8.41. The van der Waals surface area contributed by atoms with E-state index >= 15 is 0 Å². The van der Waals surface area contributed by atoms with Gasteiger partial charge >= 0.3 is 0 Å². The van der Waals surface area contributed by atoms with Crippen LogP contribution in [0.4, 0.5) is 5.82 Å². The molecule has 6 heteroatoms. The van der Waals surface area contributed by atoms with Gasteiger partial charge in [0.15, 0.2) is 5.82 Å². The van der Waals surface area contributed by atoms with Crippen molar-refractivity contribution in [2.75, 3.05) is 45.6 Å². The smallest absolute Gasteiger partial charge is 0.156 e. The molecular weight excluding hydrogens is 350 g/mol. The third-order valence-corrected chi connectivity index (χ3v) is 6.02. The van der Waals surface area contributed by atoms with Crippen LogP contribution in [-0.2, 0) is 6.54 Å². The predicted octanol–water partition coefficient (Wildman–Crippen LogP) is 3.76. The summed E-state index contributed by atoms with van der Waals surface area (Å²) in [6.45, 7) is 7.78. The van der Waals surface area contributed by atoms with Crippen molar-refractivity contribution >= 4 is 16.7 Å². The maximum atomic E-state index is 9.93. The Bertz CT molecular complexity index is 736. The molecular formula is C22H37N5O. The number of rotatable bonds is 10. The summed E-state index contributed by atoms with van der Waals surface area (Å²) in [5, 5.41) is 19.3. The van der Waals surface area contributed by atoms with Crippen molar-refractivity contribution in [3.05, 3.63) is 18.2 Å². The van der Waals surface area contributed by atoms with Gasteiger partial charge in [0.1, 0.15) is 5.75 Å². The fourth-order valence-electron chi connectivity index (χ4n) is 3.89. The highest BCUT2D eigenvalue weighted by Crippen LogP contribution is 2.27. The normalized spacial score (nSPS) is 16.7. The lowest BCUT2D eigenvalue weighted by molar-refractivity contribution is 0.225. The van der Waals surface area contributed by atoms with Crippen LogP contribution in [0.1, 0.15) is 45.4 Å². The van der Waals surface area contributed by atoms with E-state index in [1.165, 1.54) is 45.3 Å². The van der Waals surface area contributed by atoms with Crippen molar-refractivity contribution in [1.29, 1.82) is 0 Å². The first kappa shape index (κ1) is 20.9. The first-order valence-electron chi connectivity index (χ1n) is 10.9. The molecule has 0 bridgehead atoms. The van der Waals surface area contributed by atoms with Gasteiger partial charge in [0.25, 0.3) is 0 Å². The summed E-state index contributed by atoms with van der Waals surface area (Å²) >= 11 is 0. The summed E-state index contributed by atoms with van der Waals surface area (Å²) in [7, 11) is 4.22. The zero-order chi connectivity index (χ0) is 19.9. The van der Waals surface area contributed by atoms with Crippen LogP contribution in [0.15, 0.2) is 18.2 Å². The Morgan fingerprint density at radius 1 is 1.14 bits per heavy atom. The van der Waals surface area contributed by atoms with Gasteiger partial charge in [-0.25, -0.2) is 0 Å². The number of piperidine rings is 1. The van der Waals surface area contributed by atoms with Crippen LogP contribution >= 0.6 is 0 Å². The second-order valence-corrected chi connectivity index (χ2v) is 8.41. The Balaban J connectivity index is 1.56. The van der Waals surface area contributed by atoms with Crippen LogP contribution in [0, 0.1) is 0 Å². The molecule has 1 unspecified atom stereocenters. The molecule has 2 N–H and O–H groups in total. The molecule has 1 aliphatic heterocycles. The maximum Gasteiger partial charge on any atom is 0.156 e. The third-order valence-electron chi connectivity index (χ3n) is 6.02. The molecule has 0 aliphatic carbocycles. The number of aromatic hydroxyl groups is 1. The van der Waals surface area contributed by atoms with Crippen LogP contribution in [0.3, 0.4) is 0 Å². The fraction of sp³-hybridized carbons (Fsp3) is 0.682. The second kappa shape index (κ2) is 10.1. The van der Waals surface area contributed by atoms with Gasteiger partial charge in [-0.2, -0.15) is 5.10 Å². The maximum absolute atomic E-state index is 9.93. The zero-order valence-corrected chi connectivity index (χ0v) is 17.8. The standard InChI is InChI=1S/C22H37N5O/c1-18(25(2)3)11-16-27-21-10-9-19(28)17-20(21)22(24-27)23-12-5-8-15-26-13-6-4-7-14-26/h9-10,17-18,28H,4-8,11-16H2,1-3H3,(H,23,24). The van der Waals surface area contributed by atoms with E-state index in [0.29, 0.717) is 11.8 Å². The number of aromatic nitrogens is 2. The Hall–Kier alpha value is -1.79. The number of hydrogen-bond donors (Lipinski definition) is 2. The van der Waals surface area contributed by atoms with Gasteiger partial charge in [0, 0.05) is 24.5 Å². The molecule has 0 amide bonds. The Labute approximate surface area is 169 Å². The first-order chi connectivity index (χ1) is 13.5. The van der Waals surface area contributed by atoms with Crippen molar-refractivity contribution in [3.63, 3.8) is 0 Å². The number of likely N-dealkylation sites (tertiary alicyclic amines) is 1. The van der Waals surface area contributed by atoms with Gasteiger partial charge in [-0.1, -0.05) is 6.42 Å². The minimum atomic E-state index is 0.293. The van der Waals surface area contributed by atoms with Crippen LogP contribution in [0.25, 0.3) is 10.9 Å². The van der Waals surface area contributed by atoms with E-state index in [4.69, 9.17) is 5.10 Å². The number of nitrogens with zero attached hydrogens (tertiary/aromatic N) is 4. The van der Waals surface area contributed by atoms with Gasteiger partial charge in [0.05, 0.1) is 5.52 Å². The Kier molecular flexibility index (Phi) is 7.57. The molecule has 1 aromatic heterocycles. The minimum absolute atomic E-state index is 0.293. The number of unbranched alkanes of at least 4 members (excludes halogenated alkanes) is 1. The quantitative estimate of drug-likeness (QED) is 0.608. The third kappa shape index (κ3) is 5.61. The first-order valence-corrected chi connectivity index (χ1v) is 10.9. The summed E-state index contributed by atoms with van der Waals surface area (Å²) in [5.74, 6) is 1.18. The van der Waals surface area contributed by atoms with E-state index in [-0.39, 0.29) is 0 Å². The Morgan fingerprint density at radius 3 is 2.68 bits per heavy atom. The molecule has 3 rings (SSSR count). The van der Waals surface area contributed by atoms with Crippen LogP contribution in [0.2, 0.25) is 0 Å². The van der Waals surface area contributed by atoms with Crippen molar-refractivity contribution in [2.45, 2.75) is 58.0 Å². The van der Waals surface area contributed by atoms with E-state index in [1.54, 1.807) is 6.07 Å². The highest BCUT2D eigenvalue weighted by atomic mass is 16.3. The average molecular weight is 388 g/mol. The number of fused-ring (bicyclic) bond motifs is 1. The molecule has 1 aliphatic rings. The number of phenols is 1. The molecule has 1 atom stereocenters. The molecule has 156 valence electrons. The highest BCUT2D eigenvalue weighted by molar-refractivity contribution is 5.91. The lowest BCUT2D eigenvalue weighted by Gasteiger charge is -2.26. The lowest BCUT2D eigenvalue weighted by Crippen LogP contribution is -2.30. The van der Waals surface area contributed by atoms with Crippen LogP contribution in [0.5, 0.6) is 5.75 Å². The molecule has 1 aromatic carbocycles. The van der Waals surface area contributed by atoms with Crippen LogP contribution < -0.4 is 5.32 Å². The topological polar surface area (TPSA) is 56.6 Å². The number of hydrogen-bond acceptors (Lipinski definition) is 5. The molecule has 6 nitrogen and oxygen atoms in total. The van der Waals surface area contributed by atoms with Gasteiger partial charge in [-0.15, -0.1) is 0 Å². The predicted molar refractivity (Wildman–Crippen MR) is 117 cm³/mol. The zero-order valence-electron chi connectivity index (χ0n) is 17.8. The number of nitrogens with one attached hydrogen (secondary N) is 1. The molecule has 0 radical (unpaired) electrons. The fourth-order valence-corrected chi connectivity index (χ4v) is 3.89. The summed E-state index contributed by atoms with van der Waals surface area (Å²) in [5.41, 5.74) is 1.08. The van der Waals surface area contributed by atoms with Gasteiger partial charge in [0.2, 0.25) is 0 Å². The minimum Gasteiger partial charge on any atom is -0.508 e. The van der Waals surface area contributed by atoms with Crippen LogP contribution in [-0.4, -0.2) is 71.0 Å². The van der Waals surface area contributed by atoms with E-state index in [0.717, 1.165) is 42.7 Å². The lowest BCUT2D eigenvalue weighted by atomic mass is 10.1. The molecule has 28 heavy (non-hydrogen) atoms. The van der Waals surface area contributed by atoms with E-state index in [2.05, 4.69) is 40.8 Å². The van der Waals surface area contributed by atoms with E-state index < -0.39 is 0 Å².